The molecular formula is C17H17FO2. The topological polar surface area (TPSA) is 26.3 Å². The van der Waals surface area contributed by atoms with E-state index in [-0.39, 0.29) is 17.8 Å². The minimum Gasteiger partial charge on any atom is -0.497 e. The molecule has 2 rings (SSSR count). The molecule has 0 N–H and O–H groups in total. The Hall–Kier alpha value is -2.16. The standard InChI is InChI=1S/C17H17FO2/c1-11-4-5-12(2)13(8-11)9-17(19)15-7-6-14(20-3)10-16(15)18/h4-8,10H,9H2,1-3H3. The van der Waals surface area contributed by atoms with Gasteiger partial charge in [0, 0.05) is 12.5 Å². The van der Waals surface area contributed by atoms with Crippen molar-refractivity contribution in [2.24, 2.45) is 0 Å². The highest BCUT2D eigenvalue weighted by Gasteiger charge is 2.14. The molecule has 0 unspecified atom stereocenters. The number of carbonyl (C=O) groups excluding carboxylic acids is 1. The van der Waals surface area contributed by atoms with Crippen molar-refractivity contribution in [2.75, 3.05) is 7.11 Å². The molecule has 0 spiro atoms. The second-order valence-electron chi connectivity index (χ2n) is 4.88. The summed E-state index contributed by atoms with van der Waals surface area (Å²) in [4.78, 5) is 12.2. The van der Waals surface area contributed by atoms with E-state index in [4.69, 9.17) is 4.74 Å². The van der Waals surface area contributed by atoms with Crippen molar-refractivity contribution in [3.63, 3.8) is 0 Å². The first-order valence-corrected chi connectivity index (χ1v) is 6.44. The van der Waals surface area contributed by atoms with E-state index in [1.54, 1.807) is 6.07 Å². The maximum absolute atomic E-state index is 13.9. The van der Waals surface area contributed by atoms with Gasteiger partial charge in [0.15, 0.2) is 5.78 Å². The van der Waals surface area contributed by atoms with E-state index in [1.807, 2.05) is 32.0 Å². The summed E-state index contributed by atoms with van der Waals surface area (Å²) in [5, 5.41) is 0. The lowest BCUT2D eigenvalue weighted by Crippen LogP contribution is -2.07. The number of ketones is 1. The van der Waals surface area contributed by atoms with Crippen LogP contribution in [0.2, 0.25) is 0 Å². The van der Waals surface area contributed by atoms with Gasteiger partial charge in [0.25, 0.3) is 0 Å². The van der Waals surface area contributed by atoms with Gasteiger partial charge in [0.1, 0.15) is 11.6 Å². The third-order valence-corrected chi connectivity index (χ3v) is 3.33. The molecule has 2 aromatic rings. The number of carbonyl (C=O) groups is 1. The van der Waals surface area contributed by atoms with Crippen LogP contribution in [0.25, 0.3) is 0 Å². The Kier molecular flexibility index (Phi) is 4.18. The Bertz CT molecular complexity index is 647. The van der Waals surface area contributed by atoms with Gasteiger partial charge in [-0.1, -0.05) is 23.8 Å². The molecule has 0 heterocycles. The third kappa shape index (κ3) is 3.05. The summed E-state index contributed by atoms with van der Waals surface area (Å²) in [5.41, 5.74) is 3.17. The van der Waals surface area contributed by atoms with Crippen molar-refractivity contribution in [2.45, 2.75) is 20.3 Å². The molecule has 2 aromatic carbocycles. The van der Waals surface area contributed by atoms with Crippen LogP contribution in [0.4, 0.5) is 4.39 Å². The fourth-order valence-corrected chi connectivity index (χ4v) is 2.11. The van der Waals surface area contributed by atoms with Crippen molar-refractivity contribution in [1.82, 2.24) is 0 Å². The van der Waals surface area contributed by atoms with E-state index in [0.29, 0.717) is 5.75 Å². The fraction of sp³-hybridized carbons (Fsp3) is 0.235. The van der Waals surface area contributed by atoms with Crippen molar-refractivity contribution < 1.29 is 13.9 Å². The number of Topliss-reactive ketones (excluding diaryl/α,β-unsaturated/α-hetero) is 1. The number of halogens is 1. The summed E-state index contributed by atoms with van der Waals surface area (Å²) in [6, 6.07) is 10.2. The lowest BCUT2D eigenvalue weighted by Gasteiger charge is -2.08. The molecule has 3 heteroatoms. The average molecular weight is 272 g/mol. The molecule has 0 bridgehead atoms. The Morgan fingerprint density at radius 3 is 2.55 bits per heavy atom. The van der Waals surface area contributed by atoms with Gasteiger partial charge >= 0.3 is 0 Å². The molecule has 0 amide bonds. The highest BCUT2D eigenvalue weighted by atomic mass is 19.1. The van der Waals surface area contributed by atoms with Gasteiger partial charge < -0.3 is 4.74 Å². The van der Waals surface area contributed by atoms with Gasteiger partial charge in [-0.2, -0.15) is 0 Å². The number of hydrogen-bond acceptors (Lipinski definition) is 2. The maximum atomic E-state index is 13.9. The van der Waals surface area contributed by atoms with Gasteiger partial charge in [-0.15, -0.1) is 0 Å². The first-order valence-electron chi connectivity index (χ1n) is 6.44. The highest BCUT2D eigenvalue weighted by Crippen LogP contribution is 2.19. The van der Waals surface area contributed by atoms with E-state index >= 15 is 0 Å². The first-order chi connectivity index (χ1) is 9.51. The van der Waals surface area contributed by atoms with E-state index in [2.05, 4.69) is 0 Å². The summed E-state index contributed by atoms with van der Waals surface area (Å²) in [5.74, 6) is -0.357. The average Bonchev–Trinajstić information content (AvgIpc) is 2.42. The molecule has 0 atom stereocenters. The van der Waals surface area contributed by atoms with Crippen LogP contribution in [0.15, 0.2) is 36.4 Å². The largest absolute Gasteiger partial charge is 0.497 e. The number of hydrogen-bond donors (Lipinski definition) is 0. The van der Waals surface area contributed by atoms with Gasteiger partial charge in [-0.3, -0.25) is 4.79 Å². The summed E-state index contributed by atoms with van der Waals surface area (Å²) < 4.78 is 18.8. The predicted molar refractivity (Wildman–Crippen MR) is 76.9 cm³/mol. The molecule has 0 radical (unpaired) electrons. The van der Waals surface area contributed by atoms with Gasteiger partial charge in [0.2, 0.25) is 0 Å². The quantitative estimate of drug-likeness (QED) is 0.790. The zero-order chi connectivity index (χ0) is 14.7. The molecular weight excluding hydrogens is 255 g/mol. The van der Waals surface area contributed by atoms with Crippen LogP contribution >= 0.6 is 0 Å². The molecule has 0 saturated carbocycles. The van der Waals surface area contributed by atoms with Gasteiger partial charge in [-0.05, 0) is 37.1 Å². The molecule has 0 aliphatic carbocycles. The lowest BCUT2D eigenvalue weighted by molar-refractivity contribution is 0.0989. The Morgan fingerprint density at radius 2 is 1.90 bits per heavy atom. The van der Waals surface area contributed by atoms with Crippen molar-refractivity contribution in [1.29, 1.82) is 0 Å². The molecule has 20 heavy (non-hydrogen) atoms. The van der Waals surface area contributed by atoms with Crippen LogP contribution < -0.4 is 4.74 Å². The van der Waals surface area contributed by atoms with E-state index in [1.165, 1.54) is 19.2 Å². The SMILES string of the molecule is COc1ccc(C(=O)Cc2cc(C)ccc2C)c(F)c1. The van der Waals surface area contributed by atoms with Crippen molar-refractivity contribution >= 4 is 5.78 Å². The minimum atomic E-state index is -0.542. The van der Waals surface area contributed by atoms with Gasteiger partial charge in [-0.25, -0.2) is 4.39 Å². The highest BCUT2D eigenvalue weighted by molar-refractivity contribution is 5.98. The number of benzene rings is 2. The molecule has 0 aromatic heterocycles. The zero-order valence-corrected chi connectivity index (χ0v) is 11.9. The summed E-state index contributed by atoms with van der Waals surface area (Å²) in [7, 11) is 1.46. The molecule has 2 nitrogen and oxygen atoms in total. The number of aryl methyl sites for hydroxylation is 2. The van der Waals surface area contributed by atoms with Gasteiger partial charge in [0.05, 0.1) is 12.7 Å². The maximum Gasteiger partial charge on any atom is 0.170 e. The second kappa shape index (κ2) is 5.87. The smallest absolute Gasteiger partial charge is 0.170 e. The zero-order valence-electron chi connectivity index (χ0n) is 11.9. The third-order valence-electron chi connectivity index (χ3n) is 3.33. The Morgan fingerprint density at radius 1 is 1.15 bits per heavy atom. The van der Waals surface area contributed by atoms with Crippen LogP contribution in [0.1, 0.15) is 27.0 Å². The Balaban J connectivity index is 2.26. The van der Waals surface area contributed by atoms with E-state index < -0.39 is 5.82 Å². The van der Waals surface area contributed by atoms with Crippen LogP contribution in [-0.4, -0.2) is 12.9 Å². The van der Waals surface area contributed by atoms with Crippen LogP contribution in [0.3, 0.4) is 0 Å². The fourth-order valence-electron chi connectivity index (χ4n) is 2.11. The van der Waals surface area contributed by atoms with Crippen molar-refractivity contribution in [3.8, 4) is 5.75 Å². The number of rotatable bonds is 4. The molecule has 0 saturated heterocycles. The number of methoxy groups -OCH3 is 1. The second-order valence-corrected chi connectivity index (χ2v) is 4.88. The summed E-state index contributed by atoms with van der Waals surface area (Å²) in [6.45, 7) is 3.92. The lowest BCUT2D eigenvalue weighted by atomic mass is 9.97. The minimum absolute atomic E-state index is 0.103. The first kappa shape index (κ1) is 14.3. The van der Waals surface area contributed by atoms with E-state index in [0.717, 1.165) is 16.7 Å². The van der Waals surface area contributed by atoms with Crippen LogP contribution in [-0.2, 0) is 6.42 Å². The Labute approximate surface area is 118 Å². The van der Waals surface area contributed by atoms with Crippen LogP contribution in [0, 0.1) is 19.7 Å². The molecule has 0 fully saturated rings. The summed E-state index contributed by atoms with van der Waals surface area (Å²) in [6.07, 6.45) is 0.205. The van der Waals surface area contributed by atoms with Crippen LogP contribution in [0.5, 0.6) is 5.75 Å². The van der Waals surface area contributed by atoms with Crippen molar-refractivity contribution in [3.05, 3.63) is 64.5 Å². The number of ether oxygens (including phenoxy) is 1. The normalized spacial score (nSPS) is 10.4. The predicted octanol–water partition coefficient (Wildman–Crippen LogP) is 3.88. The molecule has 104 valence electrons. The monoisotopic (exact) mass is 272 g/mol. The van der Waals surface area contributed by atoms with E-state index in [9.17, 15) is 9.18 Å². The molecule has 0 aliphatic rings. The summed E-state index contributed by atoms with van der Waals surface area (Å²) >= 11 is 0. The molecule has 0 aliphatic heterocycles.